The van der Waals surface area contributed by atoms with Crippen LogP contribution in [0.2, 0.25) is 0 Å². The molecule has 1 saturated carbocycles. The Morgan fingerprint density at radius 2 is 1.61 bits per heavy atom. The van der Waals surface area contributed by atoms with Crippen LogP contribution in [-0.4, -0.2) is 146 Å². The topological polar surface area (TPSA) is 288 Å². The molecule has 1 aliphatic carbocycles. The van der Waals surface area contributed by atoms with Crippen molar-refractivity contribution in [2.75, 3.05) is 50.1 Å². The summed E-state index contributed by atoms with van der Waals surface area (Å²) in [4.78, 5) is 68.4. The number of methoxy groups -OCH3 is 1. The van der Waals surface area contributed by atoms with E-state index in [4.69, 9.17) is 23.7 Å². The highest BCUT2D eigenvalue weighted by molar-refractivity contribution is 6.24. The molecule has 7 N–H and O–H groups in total. The number of aromatic nitrogens is 1. The third kappa shape index (κ3) is 11.6. The summed E-state index contributed by atoms with van der Waals surface area (Å²) in [6, 6.07) is 1.45. The SMILES string of the molecule is CO[C@H]1/C=C/O[C@@]2(C)Oc3c(C)c(O)c4c(O)c(c(/C=N\N5CCC(OCC6CCN(c7c(F)cn8c(=O)c(C(=O)O)cc(C9CC9)c8c7C)C6)CC5)c(O)c4c3C2=O)NC(=O)/C(C)=C\C=C\[C@H](C)[C@H](O)[C@@H](C)[C@@H](O)[C@@H](C)[C@H](OC(C)=O)[C@@H]1C. The van der Waals surface area contributed by atoms with Gasteiger partial charge in [-0.05, 0) is 82.1 Å². The number of aromatic hydroxyl groups is 3. The molecule has 4 aromatic rings. The highest BCUT2D eigenvalue weighted by atomic mass is 19.1. The number of aliphatic hydroxyl groups is 2. The lowest BCUT2D eigenvalue weighted by Crippen LogP contribution is -2.46. The monoisotopic (exact) mass is 1170 g/mol. The van der Waals surface area contributed by atoms with E-state index in [-0.39, 0.29) is 68.0 Å². The number of benzene rings is 2. The van der Waals surface area contributed by atoms with Crippen molar-refractivity contribution in [1.29, 1.82) is 0 Å². The predicted octanol–water partition coefficient (Wildman–Crippen LogP) is 7.73. The van der Waals surface area contributed by atoms with Crippen LogP contribution < -0.4 is 20.5 Å². The van der Waals surface area contributed by atoms with E-state index in [9.17, 15) is 54.6 Å². The van der Waals surface area contributed by atoms with Gasteiger partial charge in [-0.2, -0.15) is 5.10 Å². The van der Waals surface area contributed by atoms with E-state index < -0.39 is 106 Å². The maximum atomic E-state index is 16.0. The molecule has 10 atom stereocenters. The Morgan fingerprint density at radius 1 is 0.905 bits per heavy atom. The summed E-state index contributed by atoms with van der Waals surface area (Å²) >= 11 is 0. The number of allylic oxidation sites excluding steroid dienone is 2. The molecule has 21 nitrogen and oxygen atoms in total. The number of hydrogen-bond donors (Lipinski definition) is 7. The molecular weight excluding hydrogens is 1090 g/mol. The first-order valence-electron chi connectivity index (χ1n) is 28.6. The number of phenols is 3. The number of pyridine rings is 2. The second-order valence-electron chi connectivity index (χ2n) is 23.5. The number of rotatable bonds is 10. The van der Waals surface area contributed by atoms with Gasteiger partial charge in [0.05, 0.1) is 83.1 Å². The highest BCUT2D eigenvalue weighted by Gasteiger charge is 2.50. The molecule has 6 aliphatic rings. The normalized spacial score (nSPS) is 28.8. The second-order valence-corrected chi connectivity index (χ2v) is 23.5. The number of carboxylic acid groups (broad SMARTS) is 1. The van der Waals surface area contributed by atoms with Crippen molar-refractivity contribution in [1.82, 2.24) is 9.41 Å². The van der Waals surface area contributed by atoms with Crippen molar-refractivity contribution in [3.63, 3.8) is 0 Å². The molecule has 84 heavy (non-hydrogen) atoms. The summed E-state index contributed by atoms with van der Waals surface area (Å²) in [7, 11) is 1.42. The molecule has 452 valence electrons. The van der Waals surface area contributed by atoms with Gasteiger partial charge in [-0.1, -0.05) is 45.9 Å². The number of carbonyl (C=O) groups is 4. The van der Waals surface area contributed by atoms with Crippen LogP contribution in [-0.2, 0) is 28.5 Å². The number of esters is 1. The Labute approximate surface area is 485 Å². The number of aromatic carboxylic acids is 1. The molecule has 5 bridgehead atoms. The molecule has 3 fully saturated rings. The van der Waals surface area contributed by atoms with Crippen LogP contribution in [0.15, 0.2) is 58.3 Å². The summed E-state index contributed by atoms with van der Waals surface area (Å²) in [5, 5.41) is 77.8. The van der Waals surface area contributed by atoms with E-state index in [1.54, 1.807) is 51.8 Å². The predicted molar refractivity (Wildman–Crippen MR) is 310 cm³/mol. The van der Waals surface area contributed by atoms with Crippen LogP contribution in [0, 0.1) is 49.3 Å². The molecule has 0 radical (unpaired) electrons. The van der Waals surface area contributed by atoms with E-state index in [1.807, 2.05) is 4.90 Å². The standard InChI is InChI=1S/C62H76FN5O16/c1-29-12-11-13-30(2)59(76)65-48-42(25-64-67-21-17-39(18-22-67)81-28-37-16-20-66(26-37)50-32(4)49-40(38-14-15-38)24-41(61(78)79)60(77)68(49)27-43(50)63)54(73)45-46(55(48)74)53(72)35(7)57-47(45)58(75)62(9,84-57)82-23-19-44(80-10)31(3)56(83-36(8)69)34(6)52(71)33(5)51(29)70/h11-13,19,23-25,27,29,31,33-34,37-39,44,51-52,56,70-74H,14-18,20-22,26,28H2,1-10H3,(H,65,76)(H,78,79)/b12-11+,23-19+,30-13-,64-25-/t29-,31+,33+,34+,37?,44-,51-,52+,56+,62-/m0/s1. The molecule has 2 aromatic carbocycles. The number of carbonyl (C=O) groups excluding carboxylic acids is 3. The van der Waals surface area contributed by atoms with Crippen LogP contribution in [0.25, 0.3) is 16.3 Å². The van der Waals surface area contributed by atoms with Crippen molar-refractivity contribution in [2.24, 2.45) is 34.7 Å². The zero-order valence-corrected chi connectivity index (χ0v) is 49.0. The van der Waals surface area contributed by atoms with Crippen LogP contribution in [0.5, 0.6) is 23.0 Å². The maximum Gasteiger partial charge on any atom is 0.341 e. The fourth-order valence-electron chi connectivity index (χ4n) is 12.5. The van der Waals surface area contributed by atoms with E-state index in [2.05, 4.69) is 10.4 Å². The molecule has 5 aliphatic heterocycles. The quantitative estimate of drug-likeness (QED) is 0.0346. The molecule has 10 rings (SSSR count). The summed E-state index contributed by atoms with van der Waals surface area (Å²) in [6.45, 7) is 16.4. The van der Waals surface area contributed by atoms with Gasteiger partial charge in [0, 0.05) is 93.2 Å². The van der Waals surface area contributed by atoms with Crippen LogP contribution in [0.3, 0.4) is 0 Å². The van der Waals surface area contributed by atoms with Gasteiger partial charge in [0.25, 0.3) is 17.2 Å². The van der Waals surface area contributed by atoms with Crippen LogP contribution >= 0.6 is 0 Å². The Balaban J connectivity index is 0.974. The zero-order chi connectivity index (χ0) is 61.0. The number of anilines is 2. The molecule has 2 aromatic heterocycles. The number of aliphatic hydroxyl groups excluding tert-OH is 2. The number of nitrogens with one attached hydrogen (secondary N) is 1. The number of carboxylic acids is 1. The van der Waals surface area contributed by atoms with Crippen molar-refractivity contribution in [2.45, 2.75) is 137 Å². The van der Waals surface area contributed by atoms with E-state index in [0.717, 1.165) is 35.4 Å². The number of hydrazone groups is 1. The lowest BCUT2D eigenvalue weighted by Gasteiger charge is -2.38. The van der Waals surface area contributed by atoms with Gasteiger partial charge in [0.1, 0.15) is 28.9 Å². The number of halogens is 1. The third-order valence-electron chi connectivity index (χ3n) is 17.7. The lowest BCUT2D eigenvalue weighted by molar-refractivity contribution is -0.160. The number of hydrogen-bond acceptors (Lipinski definition) is 18. The van der Waals surface area contributed by atoms with Gasteiger partial charge in [-0.15, -0.1) is 0 Å². The fourth-order valence-corrected chi connectivity index (χ4v) is 12.5. The number of Topliss-reactive ketones (excluding diaryl/α,β-unsaturated/α-hetero) is 1. The van der Waals surface area contributed by atoms with Crippen molar-refractivity contribution in [3.8, 4) is 23.0 Å². The zero-order valence-electron chi connectivity index (χ0n) is 49.0. The van der Waals surface area contributed by atoms with Gasteiger partial charge in [-0.25, -0.2) is 9.18 Å². The molecule has 1 unspecified atom stereocenters. The Hall–Kier alpha value is -7.53. The van der Waals surface area contributed by atoms with E-state index >= 15 is 4.39 Å². The van der Waals surface area contributed by atoms with Gasteiger partial charge in [0.2, 0.25) is 0 Å². The minimum atomic E-state index is -2.11. The Morgan fingerprint density at radius 3 is 2.26 bits per heavy atom. The van der Waals surface area contributed by atoms with Gasteiger partial charge in [0.15, 0.2) is 11.6 Å². The summed E-state index contributed by atoms with van der Waals surface area (Å²) in [6.07, 6.45) is 9.03. The number of piperidine rings is 1. The lowest BCUT2D eigenvalue weighted by atomic mass is 9.78. The van der Waals surface area contributed by atoms with Gasteiger partial charge < -0.3 is 64.5 Å². The number of aryl methyl sites for hydroxylation is 1. The molecular formula is C62H76FN5O16. The number of ketones is 1. The minimum Gasteiger partial charge on any atom is -0.507 e. The van der Waals surface area contributed by atoms with Gasteiger partial charge >= 0.3 is 17.7 Å². The smallest absolute Gasteiger partial charge is 0.341 e. The molecule has 22 heteroatoms. The minimum absolute atomic E-state index is 0.0116. The first-order chi connectivity index (χ1) is 39.8. The number of ether oxygens (including phenoxy) is 5. The first-order valence-corrected chi connectivity index (χ1v) is 28.6. The number of amides is 1. The van der Waals surface area contributed by atoms with Crippen molar-refractivity contribution in [3.05, 3.63) is 98.0 Å². The van der Waals surface area contributed by atoms with Crippen LogP contribution in [0.4, 0.5) is 15.8 Å². The maximum absolute atomic E-state index is 16.0. The fraction of sp³-hybridized carbons (Fsp3) is 0.516. The largest absolute Gasteiger partial charge is 0.507 e. The molecule has 7 heterocycles. The van der Waals surface area contributed by atoms with E-state index in [1.165, 1.54) is 65.5 Å². The Bertz CT molecular complexity index is 3470. The average Bonchev–Trinajstić information content (AvgIpc) is 2.13. The summed E-state index contributed by atoms with van der Waals surface area (Å²) in [5.41, 5.74) is 0.457. The van der Waals surface area contributed by atoms with Crippen LogP contribution in [0.1, 0.15) is 129 Å². The van der Waals surface area contributed by atoms with E-state index in [0.29, 0.717) is 62.4 Å². The average molecular weight is 1170 g/mol. The highest BCUT2D eigenvalue weighted by Crippen LogP contribution is 2.55. The Kier molecular flexibility index (Phi) is 17.6. The van der Waals surface area contributed by atoms with Crippen molar-refractivity contribution >= 4 is 57.5 Å². The molecule has 1 amide bonds. The summed E-state index contributed by atoms with van der Waals surface area (Å²) < 4.78 is 47.4. The van der Waals surface area contributed by atoms with Crippen molar-refractivity contribution < 1.29 is 77.9 Å². The third-order valence-corrected chi connectivity index (χ3v) is 17.7. The molecule has 0 spiro atoms. The summed E-state index contributed by atoms with van der Waals surface area (Å²) in [5.74, 6) is -10.7. The first kappa shape index (κ1) is 61.0. The second kappa shape index (κ2) is 24.2. The molecule has 2 saturated heterocycles. The number of phenolic OH excluding ortho intramolecular Hbond substituents is 3. The van der Waals surface area contributed by atoms with Gasteiger partial charge in [-0.3, -0.25) is 28.6 Å². The number of fused-ring (bicyclic) bond motifs is 15. The number of nitrogens with zero attached hydrogens (tertiary/aromatic N) is 4.